The molecule has 0 amide bonds. The van der Waals surface area contributed by atoms with E-state index >= 15 is 0 Å². The summed E-state index contributed by atoms with van der Waals surface area (Å²) in [5.74, 6) is 2.75. The number of methoxy groups -OCH3 is 1. The maximum atomic E-state index is 5.55. The van der Waals surface area contributed by atoms with Crippen molar-refractivity contribution in [2.24, 2.45) is 11.8 Å². The van der Waals surface area contributed by atoms with Crippen molar-refractivity contribution in [3.8, 4) is 5.75 Å². The van der Waals surface area contributed by atoms with Gasteiger partial charge in [0.05, 0.1) is 7.11 Å². The number of nitrogens with zero attached hydrogens (tertiary/aromatic N) is 1. The monoisotopic (exact) mass is 289 g/mol. The van der Waals surface area contributed by atoms with Crippen LogP contribution in [0.15, 0.2) is 24.3 Å². The lowest BCUT2D eigenvalue weighted by Gasteiger charge is -2.46. The van der Waals surface area contributed by atoms with Gasteiger partial charge in [0.25, 0.3) is 0 Å². The van der Waals surface area contributed by atoms with Crippen LogP contribution in [0.3, 0.4) is 0 Å². The average Bonchev–Trinajstić information content (AvgIpc) is 2.48. The van der Waals surface area contributed by atoms with Crippen LogP contribution < -0.4 is 4.74 Å². The first-order valence-corrected chi connectivity index (χ1v) is 8.28. The third-order valence-electron chi connectivity index (χ3n) is 5.56. The van der Waals surface area contributed by atoms with E-state index in [1.54, 1.807) is 7.11 Å². The number of hydrogen-bond donors (Lipinski definition) is 0. The second-order valence-corrected chi connectivity index (χ2v) is 7.19. The maximum absolute atomic E-state index is 5.55. The fourth-order valence-electron chi connectivity index (χ4n) is 3.83. The summed E-state index contributed by atoms with van der Waals surface area (Å²) in [5.41, 5.74) is 1.64. The van der Waals surface area contributed by atoms with E-state index in [1.807, 2.05) is 0 Å². The van der Waals surface area contributed by atoms with Crippen molar-refractivity contribution in [1.82, 2.24) is 4.90 Å². The standard InChI is InChI=1S/C19H31NO/c1-15(2)16-10-12-19(13-11-16,20(3)4)14-17-8-6-7-9-18(17)21-5/h6-9,15-16H,10-14H2,1-5H3. The number of para-hydroxylation sites is 1. The number of benzene rings is 1. The molecule has 1 aliphatic rings. The van der Waals surface area contributed by atoms with Crippen molar-refractivity contribution in [3.63, 3.8) is 0 Å². The summed E-state index contributed by atoms with van der Waals surface area (Å²) in [6.07, 6.45) is 6.38. The lowest BCUT2D eigenvalue weighted by Crippen LogP contribution is -2.49. The van der Waals surface area contributed by atoms with Crippen molar-refractivity contribution in [3.05, 3.63) is 29.8 Å². The zero-order valence-electron chi connectivity index (χ0n) is 14.4. The summed E-state index contributed by atoms with van der Waals surface area (Å²) < 4.78 is 5.55. The smallest absolute Gasteiger partial charge is 0.122 e. The van der Waals surface area contributed by atoms with Gasteiger partial charge in [-0.1, -0.05) is 32.0 Å². The molecule has 0 radical (unpaired) electrons. The normalized spacial score (nSPS) is 26.3. The molecular weight excluding hydrogens is 258 g/mol. The molecule has 2 rings (SSSR count). The van der Waals surface area contributed by atoms with Gasteiger partial charge in [0.1, 0.15) is 5.75 Å². The number of ether oxygens (including phenoxy) is 1. The number of rotatable bonds is 5. The molecule has 2 nitrogen and oxygen atoms in total. The van der Waals surface area contributed by atoms with E-state index in [-0.39, 0.29) is 0 Å². The van der Waals surface area contributed by atoms with Gasteiger partial charge in [0.2, 0.25) is 0 Å². The van der Waals surface area contributed by atoms with E-state index in [0.29, 0.717) is 5.54 Å². The van der Waals surface area contributed by atoms with Crippen LogP contribution in [0, 0.1) is 11.8 Å². The van der Waals surface area contributed by atoms with Crippen molar-refractivity contribution in [2.45, 2.75) is 51.5 Å². The summed E-state index contributed by atoms with van der Waals surface area (Å²) in [4.78, 5) is 2.45. The third-order valence-corrected chi connectivity index (χ3v) is 5.56. The molecule has 0 heterocycles. The van der Waals surface area contributed by atoms with E-state index in [9.17, 15) is 0 Å². The van der Waals surface area contributed by atoms with Crippen LogP contribution in [-0.2, 0) is 6.42 Å². The minimum absolute atomic E-state index is 0.292. The van der Waals surface area contributed by atoms with E-state index < -0.39 is 0 Å². The van der Waals surface area contributed by atoms with Crippen LogP contribution in [0.1, 0.15) is 45.1 Å². The van der Waals surface area contributed by atoms with Crippen LogP contribution in [-0.4, -0.2) is 31.6 Å². The average molecular weight is 289 g/mol. The van der Waals surface area contributed by atoms with E-state index in [1.165, 1.54) is 31.2 Å². The molecule has 1 fully saturated rings. The molecule has 0 saturated heterocycles. The fourth-order valence-corrected chi connectivity index (χ4v) is 3.83. The highest BCUT2D eigenvalue weighted by Crippen LogP contribution is 2.41. The Balaban J connectivity index is 2.17. The summed E-state index contributed by atoms with van der Waals surface area (Å²) in [6.45, 7) is 4.74. The Morgan fingerprint density at radius 2 is 1.81 bits per heavy atom. The summed E-state index contributed by atoms with van der Waals surface area (Å²) in [5, 5.41) is 0. The third kappa shape index (κ3) is 3.60. The molecule has 0 N–H and O–H groups in total. The highest BCUT2D eigenvalue weighted by molar-refractivity contribution is 5.34. The second kappa shape index (κ2) is 6.83. The zero-order valence-corrected chi connectivity index (χ0v) is 14.4. The van der Waals surface area contributed by atoms with Crippen molar-refractivity contribution < 1.29 is 4.74 Å². The van der Waals surface area contributed by atoms with Gasteiger partial charge >= 0.3 is 0 Å². The minimum Gasteiger partial charge on any atom is -0.496 e. The molecule has 1 aromatic carbocycles. The first-order valence-electron chi connectivity index (χ1n) is 8.28. The van der Waals surface area contributed by atoms with Crippen LogP contribution in [0.5, 0.6) is 5.75 Å². The Labute approximate surface area is 130 Å². The van der Waals surface area contributed by atoms with Crippen LogP contribution in [0.4, 0.5) is 0 Å². The minimum atomic E-state index is 0.292. The first kappa shape index (κ1) is 16.4. The molecule has 1 saturated carbocycles. The van der Waals surface area contributed by atoms with Crippen LogP contribution in [0.25, 0.3) is 0 Å². The molecule has 0 aliphatic heterocycles. The Kier molecular flexibility index (Phi) is 5.32. The molecular formula is C19H31NO. The zero-order chi connectivity index (χ0) is 15.5. The van der Waals surface area contributed by atoms with Gasteiger partial charge in [-0.3, -0.25) is 0 Å². The molecule has 0 unspecified atom stereocenters. The second-order valence-electron chi connectivity index (χ2n) is 7.19. The molecule has 21 heavy (non-hydrogen) atoms. The Morgan fingerprint density at radius 1 is 1.19 bits per heavy atom. The molecule has 0 spiro atoms. The highest BCUT2D eigenvalue weighted by atomic mass is 16.5. The van der Waals surface area contributed by atoms with Gasteiger partial charge < -0.3 is 9.64 Å². The SMILES string of the molecule is COc1ccccc1CC1(N(C)C)CCC(C(C)C)CC1. The van der Waals surface area contributed by atoms with Crippen molar-refractivity contribution >= 4 is 0 Å². The molecule has 0 atom stereocenters. The Hall–Kier alpha value is -1.02. The summed E-state index contributed by atoms with van der Waals surface area (Å²) in [7, 11) is 6.26. The predicted molar refractivity (Wildman–Crippen MR) is 89.9 cm³/mol. The fraction of sp³-hybridized carbons (Fsp3) is 0.684. The van der Waals surface area contributed by atoms with Gasteiger partial charge in [-0.25, -0.2) is 0 Å². The van der Waals surface area contributed by atoms with Gasteiger partial charge in [-0.05, 0) is 69.7 Å². The van der Waals surface area contributed by atoms with Crippen LogP contribution >= 0.6 is 0 Å². The first-order chi connectivity index (χ1) is 9.98. The molecule has 0 bridgehead atoms. The lowest BCUT2D eigenvalue weighted by atomic mass is 9.70. The Bertz CT molecular complexity index is 445. The molecule has 118 valence electrons. The lowest BCUT2D eigenvalue weighted by molar-refractivity contribution is 0.0678. The van der Waals surface area contributed by atoms with E-state index in [2.05, 4.69) is 57.1 Å². The van der Waals surface area contributed by atoms with Gasteiger partial charge in [0.15, 0.2) is 0 Å². The molecule has 1 aromatic rings. The van der Waals surface area contributed by atoms with Crippen molar-refractivity contribution in [1.29, 1.82) is 0 Å². The molecule has 2 heteroatoms. The summed E-state index contributed by atoms with van der Waals surface area (Å²) >= 11 is 0. The quantitative estimate of drug-likeness (QED) is 0.797. The Morgan fingerprint density at radius 3 is 2.33 bits per heavy atom. The number of likely N-dealkylation sites (N-methyl/N-ethyl adjacent to an activating group) is 1. The van der Waals surface area contributed by atoms with Crippen molar-refractivity contribution in [2.75, 3.05) is 21.2 Å². The molecule has 0 aromatic heterocycles. The van der Waals surface area contributed by atoms with Gasteiger partial charge in [0, 0.05) is 5.54 Å². The highest BCUT2D eigenvalue weighted by Gasteiger charge is 2.38. The van der Waals surface area contributed by atoms with Gasteiger partial charge in [-0.15, -0.1) is 0 Å². The predicted octanol–water partition coefficient (Wildman–Crippen LogP) is 4.38. The summed E-state index contributed by atoms with van der Waals surface area (Å²) in [6, 6.07) is 8.48. The van der Waals surface area contributed by atoms with Crippen LogP contribution in [0.2, 0.25) is 0 Å². The largest absolute Gasteiger partial charge is 0.496 e. The number of hydrogen-bond acceptors (Lipinski definition) is 2. The maximum Gasteiger partial charge on any atom is 0.122 e. The van der Waals surface area contributed by atoms with E-state index in [0.717, 1.165) is 24.0 Å². The molecule has 1 aliphatic carbocycles. The van der Waals surface area contributed by atoms with Gasteiger partial charge in [-0.2, -0.15) is 0 Å². The topological polar surface area (TPSA) is 12.5 Å². The van der Waals surface area contributed by atoms with E-state index in [4.69, 9.17) is 4.74 Å².